The summed E-state index contributed by atoms with van der Waals surface area (Å²) in [5.74, 6) is -2.32. The minimum absolute atomic E-state index is 0.0311. The Balaban J connectivity index is 2.64. The van der Waals surface area contributed by atoms with E-state index in [1.165, 1.54) is 12.1 Å². The third kappa shape index (κ3) is 3.69. The Morgan fingerprint density at radius 2 is 2.18 bits per heavy atom. The van der Waals surface area contributed by atoms with Crippen molar-refractivity contribution >= 4 is 23.4 Å². The number of aliphatic hydroxyl groups excluding tert-OH is 1. The smallest absolute Gasteiger partial charge is 0.251 e. The standard InChI is InChI=1S/C10H10ClFN2O3/c11-6-2-1-5(3-7(6)12)10(17)14-4-8(15)9(13)16/h1-3,8,15H,4H2,(H2,13,16)(H,14,17). The molecule has 7 heteroatoms. The van der Waals surface area contributed by atoms with Gasteiger partial charge in [0.25, 0.3) is 5.91 Å². The van der Waals surface area contributed by atoms with E-state index < -0.39 is 23.7 Å². The number of nitrogens with two attached hydrogens (primary N) is 1. The summed E-state index contributed by atoms with van der Waals surface area (Å²) in [5.41, 5.74) is 4.82. The molecule has 0 fully saturated rings. The maximum absolute atomic E-state index is 13.0. The van der Waals surface area contributed by atoms with Gasteiger partial charge >= 0.3 is 0 Å². The second kappa shape index (κ2) is 5.60. The third-order valence-corrected chi connectivity index (χ3v) is 2.27. The van der Waals surface area contributed by atoms with Crippen molar-refractivity contribution in [2.24, 2.45) is 5.73 Å². The Morgan fingerprint density at radius 3 is 2.71 bits per heavy atom. The van der Waals surface area contributed by atoms with E-state index in [1.807, 2.05) is 0 Å². The highest BCUT2D eigenvalue weighted by atomic mass is 35.5. The highest BCUT2D eigenvalue weighted by molar-refractivity contribution is 6.30. The summed E-state index contributed by atoms with van der Waals surface area (Å²) in [7, 11) is 0. The van der Waals surface area contributed by atoms with E-state index in [2.05, 4.69) is 5.32 Å². The lowest BCUT2D eigenvalue weighted by molar-refractivity contribution is -0.125. The molecule has 1 rings (SSSR count). The van der Waals surface area contributed by atoms with Crippen LogP contribution < -0.4 is 11.1 Å². The summed E-state index contributed by atoms with van der Waals surface area (Å²) >= 11 is 5.45. The molecule has 1 unspecified atom stereocenters. The molecule has 0 aromatic heterocycles. The molecule has 92 valence electrons. The molecule has 0 radical (unpaired) electrons. The SMILES string of the molecule is NC(=O)C(O)CNC(=O)c1ccc(Cl)c(F)c1. The monoisotopic (exact) mass is 260 g/mol. The van der Waals surface area contributed by atoms with Crippen molar-refractivity contribution < 1.29 is 19.1 Å². The van der Waals surface area contributed by atoms with Crippen molar-refractivity contribution in [3.8, 4) is 0 Å². The number of hydrogen-bond acceptors (Lipinski definition) is 3. The van der Waals surface area contributed by atoms with Crippen molar-refractivity contribution in [3.05, 3.63) is 34.6 Å². The highest BCUT2D eigenvalue weighted by Gasteiger charge is 2.14. The molecule has 0 aliphatic heterocycles. The number of benzene rings is 1. The fourth-order valence-electron chi connectivity index (χ4n) is 1.03. The van der Waals surface area contributed by atoms with Gasteiger partial charge in [0.2, 0.25) is 5.91 Å². The minimum atomic E-state index is -1.48. The molecule has 0 spiro atoms. The van der Waals surface area contributed by atoms with Crippen molar-refractivity contribution in [1.29, 1.82) is 0 Å². The molecular formula is C10H10ClFN2O3. The van der Waals surface area contributed by atoms with E-state index >= 15 is 0 Å². The predicted molar refractivity (Wildman–Crippen MR) is 58.9 cm³/mol. The van der Waals surface area contributed by atoms with Gasteiger partial charge < -0.3 is 16.2 Å². The van der Waals surface area contributed by atoms with Gasteiger partial charge in [-0.2, -0.15) is 0 Å². The number of rotatable bonds is 4. The first-order chi connectivity index (χ1) is 7.91. The molecule has 0 bridgehead atoms. The van der Waals surface area contributed by atoms with Gasteiger partial charge in [-0.05, 0) is 18.2 Å². The number of hydrogen-bond donors (Lipinski definition) is 3. The number of nitrogens with one attached hydrogen (secondary N) is 1. The zero-order valence-electron chi connectivity index (χ0n) is 8.61. The lowest BCUT2D eigenvalue weighted by atomic mass is 10.2. The zero-order valence-corrected chi connectivity index (χ0v) is 9.37. The van der Waals surface area contributed by atoms with Gasteiger partial charge in [0.1, 0.15) is 11.9 Å². The predicted octanol–water partition coefficient (Wildman–Crippen LogP) is 0.0551. The van der Waals surface area contributed by atoms with Gasteiger partial charge in [0, 0.05) is 5.56 Å². The van der Waals surface area contributed by atoms with Crippen molar-refractivity contribution in [2.75, 3.05) is 6.54 Å². The van der Waals surface area contributed by atoms with E-state index in [4.69, 9.17) is 22.4 Å². The molecule has 1 atom stereocenters. The topological polar surface area (TPSA) is 92.4 Å². The van der Waals surface area contributed by atoms with Crippen LogP contribution in [0.15, 0.2) is 18.2 Å². The van der Waals surface area contributed by atoms with Crippen LogP contribution in [0.5, 0.6) is 0 Å². The number of aliphatic hydroxyl groups is 1. The summed E-state index contributed by atoms with van der Waals surface area (Å²) < 4.78 is 13.0. The average molecular weight is 261 g/mol. The van der Waals surface area contributed by atoms with Gasteiger partial charge in [-0.3, -0.25) is 9.59 Å². The maximum Gasteiger partial charge on any atom is 0.251 e. The minimum Gasteiger partial charge on any atom is -0.381 e. The highest BCUT2D eigenvalue weighted by Crippen LogP contribution is 2.15. The summed E-state index contributed by atoms with van der Waals surface area (Å²) in [6.45, 7) is -0.335. The molecule has 0 heterocycles. The Morgan fingerprint density at radius 1 is 1.53 bits per heavy atom. The van der Waals surface area contributed by atoms with Crippen LogP contribution in [0.4, 0.5) is 4.39 Å². The lowest BCUT2D eigenvalue weighted by Gasteiger charge is -2.08. The summed E-state index contributed by atoms with van der Waals surface area (Å²) in [6, 6.07) is 3.50. The Hall–Kier alpha value is -1.66. The molecule has 2 amide bonds. The van der Waals surface area contributed by atoms with Crippen molar-refractivity contribution in [1.82, 2.24) is 5.32 Å². The van der Waals surface area contributed by atoms with E-state index in [0.717, 1.165) is 6.07 Å². The zero-order chi connectivity index (χ0) is 13.0. The van der Waals surface area contributed by atoms with Crippen LogP contribution in [-0.2, 0) is 4.79 Å². The quantitative estimate of drug-likeness (QED) is 0.714. The van der Waals surface area contributed by atoms with Gasteiger partial charge in [-0.25, -0.2) is 4.39 Å². The van der Waals surface area contributed by atoms with E-state index in [0.29, 0.717) is 0 Å². The van der Waals surface area contributed by atoms with Crippen LogP contribution in [-0.4, -0.2) is 29.6 Å². The fraction of sp³-hybridized carbons (Fsp3) is 0.200. The average Bonchev–Trinajstić information content (AvgIpc) is 2.28. The first kappa shape index (κ1) is 13.4. The Bertz CT molecular complexity index is 453. The molecule has 0 aliphatic rings. The van der Waals surface area contributed by atoms with Gasteiger partial charge in [-0.15, -0.1) is 0 Å². The van der Waals surface area contributed by atoms with Crippen LogP contribution >= 0.6 is 11.6 Å². The normalized spacial score (nSPS) is 11.9. The maximum atomic E-state index is 13.0. The molecule has 0 saturated carbocycles. The van der Waals surface area contributed by atoms with Gasteiger partial charge in [-0.1, -0.05) is 11.6 Å². The fourth-order valence-corrected chi connectivity index (χ4v) is 1.15. The number of halogens is 2. The Labute approximate surface area is 101 Å². The lowest BCUT2D eigenvalue weighted by Crippen LogP contribution is -2.39. The molecule has 1 aromatic carbocycles. The second-order valence-corrected chi connectivity index (χ2v) is 3.66. The number of carbonyl (C=O) groups excluding carboxylic acids is 2. The van der Waals surface area contributed by atoms with E-state index in [-0.39, 0.29) is 17.1 Å². The number of amides is 2. The van der Waals surface area contributed by atoms with Crippen molar-refractivity contribution in [2.45, 2.75) is 6.10 Å². The molecule has 0 aliphatic carbocycles. The summed E-state index contributed by atoms with van der Waals surface area (Å²) in [5, 5.41) is 11.2. The van der Waals surface area contributed by atoms with Gasteiger partial charge in [0.15, 0.2) is 0 Å². The largest absolute Gasteiger partial charge is 0.381 e. The molecule has 0 saturated heterocycles. The molecule has 5 nitrogen and oxygen atoms in total. The van der Waals surface area contributed by atoms with E-state index in [1.54, 1.807) is 0 Å². The summed E-state index contributed by atoms with van der Waals surface area (Å²) in [6.07, 6.45) is -1.48. The molecule has 17 heavy (non-hydrogen) atoms. The van der Waals surface area contributed by atoms with Crippen LogP contribution in [0, 0.1) is 5.82 Å². The second-order valence-electron chi connectivity index (χ2n) is 3.26. The molecular weight excluding hydrogens is 251 g/mol. The van der Waals surface area contributed by atoms with Crippen LogP contribution in [0.1, 0.15) is 10.4 Å². The first-order valence-electron chi connectivity index (χ1n) is 4.62. The third-order valence-electron chi connectivity index (χ3n) is 1.97. The van der Waals surface area contributed by atoms with Crippen molar-refractivity contribution in [3.63, 3.8) is 0 Å². The number of carbonyl (C=O) groups is 2. The van der Waals surface area contributed by atoms with Crippen LogP contribution in [0.2, 0.25) is 5.02 Å². The first-order valence-corrected chi connectivity index (χ1v) is 5.00. The van der Waals surface area contributed by atoms with Gasteiger partial charge in [0.05, 0.1) is 11.6 Å². The van der Waals surface area contributed by atoms with Crippen LogP contribution in [0.25, 0.3) is 0 Å². The van der Waals surface area contributed by atoms with E-state index in [9.17, 15) is 14.0 Å². The Kier molecular flexibility index (Phi) is 4.42. The van der Waals surface area contributed by atoms with Crippen LogP contribution in [0.3, 0.4) is 0 Å². The molecule has 4 N–H and O–H groups in total. The molecule has 1 aromatic rings. The summed E-state index contributed by atoms with van der Waals surface area (Å²) in [4.78, 5) is 21.9. The number of primary amides is 1.